The predicted molar refractivity (Wildman–Crippen MR) is 102 cm³/mol. The van der Waals surface area contributed by atoms with Gasteiger partial charge in [-0.25, -0.2) is 0 Å². The number of allylic oxidation sites excluding steroid dienone is 2. The second-order valence-corrected chi connectivity index (χ2v) is 7.24. The van der Waals surface area contributed by atoms with Gasteiger partial charge in [0, 0.05) is 23.7 Å². The highest BCUT2D eigenvalue weighted by Crippen LogP contribution is 2.50. The average molecular weight is 350 g/mol. The van der Waals surface area contributed by atoms with E-state index in [1.807, 2.05) is 32.0 Å². The fourth-order valence-corrected chi connectivity index (χ4v) is 4.05. The van der Waals surface area contributed by atoms with Crippen molar-refractivity contribution in [2.45, 2.75) is 38.3 Å². The molecule has 3 unspecified atom stereocenters. The standard InChI is InChI=1S/C21H22N2O3/c1-13(2)26-16-10-11-20-19(12-16)17-4-3-5-18(17)21(22-20)14-6-8-15(9-7-14)23(24)25/h3-4,6-13,17-18,21-22H,5H2,1-2H3. The van der Waals surface area contributed by atoms with Gasteiger partial charge in [-0.15, -0.1) is 0 Å². The Labute approximate surface area is 152 Å². The third-order valence-corrected chi connectivity index (χ3v) is 5.17. The van der Waals surface area contributed by atoms with Crippen LogP contribution in [0.3, 0.4) is 0 Å². The number of fused-ring (bicyclic) bond motifs is 3. The van der Waals surface area contributed by atoms with Crippen molar-refractivity contribution in [1.29, 1.82) is 0 Å². The summed E-state index contributed by atoms with van der Waals surface area (Å²) in [7, 11) is 0. The summed E-state index contributed by atoms with van der Waals surface area (Å²) in [5.41, 5.74) is 3.58. The first-order chi connectivity index (χ1) is 12.5. The lowest BCUT2D eigenvalue weighted by Gasteiger charge is -2.37. The van der Waals surface area contributed by atoms with Crippen LogP contribution in [0, 0.1) is 16.0 Å². The van der Waals surface area contributed by atoms with Gasteiger partial charge in [0.15, 0.2) is 0 Å². The second kappa shape index (κ2) is 6.48. The van der Waals surface area contributed by atoms with Crippen LogP contribution in [0.4, 0.5) is 11.4 Å². The Morgan fingerprint density at radius 3 is 2.65 bits per heavy atom. The van der Waals surface area contributed by atoms with Crippen molar-refractivity contribution in [3.63, 3.8) is 0 Å². The molecule has 1 heterocycles. The van der Waals surface area contributed by atoms with E-state index in [0.717, 1.165) is 23.4 Å². The molecule has 1 N–H and O–H groups in total. The van der Waals surface area contributed by atoms with E-state index >= 15 is 0 Å². The van der Waals surface area contributed by atoms with Gasteiger partial charge in [0.05, 0.1) is 17.1 Å². The van der Waals surface area contributed by atoms with Crippen LogP contribution in [0.1, 0.15) is 43.4 Å². The first-order valence-corrected chi connectivity index (χ1v) is 9.01. The number of nitro groups is 1. The molecule has 0 radical (unpaired) electrons. The summed E-state index contributed by atoms with van der Waals surface area (Å²) in [4.78, 5) is 10.6. The van der Waals surface area contributed by atoms with Crippen molar-refractivity contribution in [3.05, 3.63) is 75.9 Å². The molecule has 0 bridgehead atoms. The Kier molecular flexibility index (Phi) is 4.15. The molecule has 4 rings (SSSR count). The van der Waals surface area contributed by atoms with Crippen molar-refractivity contribution >= 4 is 11.4 Å². The largest absolute Gasteiger partial charge is 0.491 e. The summed E-state index contributed by atoms with van der Waals surface area (Å²) in [6, 6.07) is 13.3. The lowest BCUT2D eigenvalue weighted by atomic mass is 9.77. The molecule has 0 aromatic heterocycles. The number of nitro benzene ring substituents is 1. The van der Waals surface area contributed by atoms with Gasteiger partial charge in [-0.3, -0.25) is 10.1 Å². The molecule has 0 fully saturated rings. The number of non-ortho nitro benzene ring substituents is 1. The van der Waals surface area contributed by atoms with Gasteiger partial charge in [-0.2, -0.15) is 0 Å². The molecule has 26 heavy (non-hydrogen) atoms. The van der Waals surface area contributed by atoms with E-state index < -0.39 is 0 Å². The number of ether oxygens (including phenoxy) is 1. The lowest BCUT2D eigenvalue weighted by Crippen LogP contribution is -2.29. The third kappa shape index (κ3) is 2.94. The van der Waals surface area contributed by atoms with Crippen LogP contribution >= 0.6 is 0 Å². The summed E-state index contributed by atoms with van der Waals surface area (Å²) in [6.45, 7) is 4.06. The van der Waals surface area contributed by atoms with Gasteiger partial charge in [-0.1, -0.05) is 24.3 Å². The van der Waals surface area contributed by atoms with Crippen molar-refractivity contribution in [2.24, 2.45) is 5.92 Å². The molecule has 1 aliphatic carbocycles. The monoisotopic (exact) mass is 350 g/mol. The Hall–Kier alpha value is -2.82. The van der Waals surface area contributed by atoms with E-state index in [0.29, 0.717) is 11.8 Å². The molecule has 0 saturated carbocycles. The van der Waals surface area contributed by atoms with Crippen LogP contribution in [-0.4, -0.2) is 11.0 Å². The number of hydrogen-bond donors (Lipinski definition) is 1. The average Bonchev–Trinajstić information content (AvgIpc) is 3.11. The van der Waals surface area contributed by atoms with Crippen LogP contribution in [0.15, 0.2) is 54.6 Å². The molecule has 0 amide bonds. The smallest absolute Gasteiger partial charge is 0.269 e. The number of rotatable bonds is 4. The van der Waals surface area contributed by atoms with Gasteiger partial charge in [0.1, 0.15) is 5.75 Å². The molecule has 2 aromatic rings. The minimum Gasteiger partial charge on any atom is -0.491 e. The topological polar surface area (TPSA) is 64.4 Å². The Morgan fingerprint density at radius 1 is 1.19 bits per heavy atom. The summed E-state index contributed by atoms with van der Waals surface area (Å²) < 4.78 is 5.86. The normalized spacial score (nSPS) is 23.3. The van der Waals surface area contributed by atoms with E-state index in [2.05, 4.69) is 29.6 Å². The maximum atomic E-state index is 10.9. The SMILES string of the molecule is CC(C)Oc1ccc2c(c1)C1C=CCC1C(c1ccc([N+](=O)[O-])cc1)N2. The van der Waals surface area contributed by atoms with E-state index in [1.54, 1.807) is 12.1 Å². The molecular formula is C21H22N2O3. The first kappa shape index (κ1) is 16.6. The van der Waals surface area contributed by atoms with Crippen LogP contribution in [0.5, 0.6) is 5.75 Å². The predicted octanol–water partition coefficient (Wildman–Crippen LogP) is 5.21. The zero-order valence-electron chi connectivity index (χ0n) is 14.9. The summed E-state index contributed by atoms with van der Waals surface area (Å²) in [6.07, 6.45) is 5.66. The van der Waals surface area contributed by atoms with Crippen LogP contribution < -0.4 is 10.1 Å². The number of nitrogens with one attached hydrogen (secondary N) is 1. The highest BCUT2D eigenvalue weighted by molar-refractivity contribution is 5.62. The van der Waals surface area contributed by atoms with Crippen molar-refractivity contribution in [2.75, 3.05) is 5.32 Å². The Morgan fingerprint density at radius 2 is 1.96 bits per heavy atom. The molecule has 1 aliphatic heterocycles. The quantitative estimate of drug-likeness (QED) is 0.467. The number of hydrogen-bond acceptors (Lipinski definition) is 4. The van der Waals surface area contributed by atoms with Gasteiger partial charge >= 0.3 is 0 Å². The third-order valence-electron chi connectivity index (χ3n) is 5.17. The summed E-state index contributed by atoms with van der Waals surface area (Å²) in [5, 5.41) is 14.6. The molecule has 5 nitrogen and oxygen atoms in total. The second-order valence-electron chi connectivity index (χ2n) is 7.24. The maximum absolute atomic E-state index is 10.9. The van der Waals surface area contributed by atoms with E-state index in [4.69, 9.17) is 4.74 Å². The van der Waals surface area contributed by atoms with Crippen molar-refractivity contribution in [1.82, 2.24) is 0 Å². The molecule has 134 valence electrons. The van der Waals surface area contributed by atoms with Crippen LogP contribution in [-0.2, 0) is 0 Å². The zero-order valence-corrected chi connectivity index (χ0v) is 14.9. The molecular weight excluding hydrogens is 328 g/mol. The van der Waals surface area contributed by atoms with Gasteiger partial charge in [0.25, 0.3) is 5.69 Å². The number of benzene rings is 2. The summed E-state index contributed by atoms with van der Waals surface area (Å²) >= 11 is 0. The van der Waals surface area contributed by atoms with E-state index in [9.17, 15) is 10.1 Å². The number of nitrogens with zero attached hydrogens (tertiary/aromatic N) is 1. The van der Waals surface area contributed by atoms with E-state index in [-0.39, 0.29) is 22.8 Å². The molecule has 5 heteroatoms. The minimum atomic E-state index is -0.358. The van der Waals surface area contributed by atoms with Crippen LogP contribution in [0.25, 0.3) is 0 Å². The fraction of sp³-hybridized carbons (Fsp3) is 0.333. The molecule has 2 aliphatic rings. The van der Waals surface area contributed by atoms with Crippen LogP contribution in [0.2, 0.25) is 0 Å². The first-order valence-electron chi connectivity index (χ1n) is 9.01. The Balaban J connectivity index is 1.67. The number of anilines is 1. The molecule has 3 atom stereocenters. The summed E-state index contributed by atoms with van der Waals surface area (Å²) in [5.74, 6) is 1.63. The molecule has 0 saturated heterocycles. The van der Waals surface area contributed by atoms with Gasteiger partial charge in [-0.05, 0) is 55.5 Å². The molecule has 0 spiro atoms. The van der Waals surface area contributed by atoms with Gasteiger partial charge in [0.2, 0.25) is 0 Å². The fourth-order valence-electron chi connectivity index (χ4n) is 4.05. The maximum Gasteiger partial charge on any atom is 0.269 e. The highest BCUT2D eigenvalue weighted by Gasteiger charge is 2.38. The van der Waals surface area contributed by atoms with Crippen molar-refractivity contribution < 1.29 is 9.66 Å². The zero-order chi connectivity index (χ0) is 18.3. The van der Waals surface area contributed by atoms with Gasteiger partial charge < -0.3 is 10.1 Å². The molecule has 2 aromatic carbocycles. The minimum absolute atomic E-state index is 0.126. The van der Waals surface area contributed by atoms with Crippen molar-refractivity contribution in [3.8, 4) is 5.75 Å². The lowest BCUT2D eigenvalue weighted by molar-refractivity contribution is -0.384. The highest BCUT2D eigenvalue weighted by atomic mass is 16.6. The Bertz CT molecular complexity index is 858. The van der Waals surface area contributed by atoms with E-state index in [1.165, 1.54) is 5.56 Å².